The Morgan fingerprint density at radius 2 is 2.25 bits per heavy atom. The van der Waals surface area contributed by atoms with E-state index in [1.165, 1.54) is 18.0 Å². The summed E-state index contributed by atoms with van der Waals surface area (Å²) in [5, 5.41) is 11.9. The molecule has 8 heteroatoms. The number of nitrogens with zero attached hydrogens (tertiary/aromatic N) is 2. The summed E-state index contributed by atoms with van der Waals surface area (Å²) < 4.78 is 26.3. The van der Waals surface area contributed by atoms with E-state index in [0.29, 0.717) is 22.8 Å². The van der Waals surface area contributed by atoms with Crippen LogP contribution in [0, 0.1) is 0 Å². The molecule has 112 valence electrons. The number of aliphatic hydroxyl groups excluding tert-OH is 1. The van der Waals surface area contributed by atoms with Gasteiger partial charge in [0.05, 0.1) is 5.56 Å². The highest BCUT2D eigenvalue weighted by Crippen LogP contribution is 2.24. The highest BCUT2D eigenvalue weighted by atomic mass is 32.2. The molecule has 0 aromatic carbocycles. The van der Waals surface area contributed by atoms with Gasteiger partial charge in [0, 0.05) is 32.2 Å². The first kappa shape index (κ1) is 16.8. The van der Waals surface area contributed by atoms with Crippen molar-refractivity contribution in [2.24, 2.45) is 0 Å². The van der Waals surface area contributed by atoms with Crippen LogP contribution in [0.1, 0.15) is 29.6 Å². The average Bonchev–Trinajstić information content (AvgIpc) is 2.43. The van der Waals surface area contributed by atoms with Gasteiger partial charge in [-0.1, -0.05) is 11.8 Å². The molecule has 0 aliphatic rings. The van der Waals surface area contributed by atoms with Crippen LogP contribution in [0.4, 0.5) is 14.6 Å². The highest BCUT2D eigenvalue weighted by molar-refractivity contribution is 7.98. The van der Waals surface area contributed by atoms with E-state index in [9.17, 15) is 13.6 Å². The number of aliphatic hydroxyl groups is 1. The summed E-state index contributed by atoms with van der Waals surface area (Å²) in [4.78, 5) is 18.9. The number of carbonyl (C=O) groups is 1. The molecule has 0 spiro atoms. The van der Waals surface area contributed by atoms with E-state index >= 15 is 0 Å². The van der Waals surface area contributed by atoms with Gasteiger partial charge in [-0.2, -0.15) is 0 Å². The van der Waals surface area contributed by atoms with Crippen molar-refractivity contribution < 1.29 is 18.7 Å². The zero-order chi connectivity index (χ0) is 15.0. The zero-order valence-corrected chi connectivity index (χ0v) is 11.9. The lowest BCUT2D eigenvalue weighted by atomic mass is 10.1. The molecule has 0 fully saturated rings. The van der Waals surface area contributed by atoms with Gasteiger partial charge in [0.25, 0.3) is 0 Å². The molecule has 1 heterocycles. The summed E-state index contributed by atoms with van der Waals surface area (Å²) in [5.41, 5.74) is 0.296. The van der Waals surface area contributed by atoms with Crippen LogP contribution < -0.4 is 5.32 Å². The van der Waals surface area contributed by atoms with Crippen LogP contribution in [0.5, 0.6) is 0 Å². The minimum Gasteiger partial charge on any atom is -0.396 e. The Morgan fingerprint density at radius 3 is 2.85 bits per heavy atom. The minimum absolute atomic E-state index is 0.212. The molecule has 0 atom stereocenters. The fourth-order valence-electron chi connectivity index (χ4n) is 1.54. The molecule has 0 aliphatic heterocycles. The van der Waals surface area contributed by atoms with E-state index in [2.05, 4.69) is 15.3 Å². The number of carbonyl (C=O) groups excluding carboxylic acids is 1. The van der Waals surface area contributed by atoms with Crippen LogP contribution in [-0.4, -0.2) is 46.7 Å². The van der Waals surface area contributed by atoms with Crippen LogP contribution in [0.2, 0.25) is 0 Å². The van der Waals surface area contributed by atoms with E-state index in [0.717, 1.165) is 0 Å². The van der Waals surface area contributed by atoms with Gasteiger partial charge in [0.1, 0.15) is 5.82 Å². The number of alkyl halides is 2. The Kier molecular flexibility index (Phi) is 6.80. The summed E-state index contributed by atoms with van der Waals surface area (Å²) >= 11 is 1.33. The predicted molar refractivity (Wildman–Crippen MR) is 73.6 cm³/mol. The summed E-state index contributed by atoms with van der Waals surface area (Å²) in [7, 11) is 0. The third-order valence-electron chi connectivity index (χ3n) is 2.59. The molecule has 1 rings (SSSR count). The third-order valence-corrected chi connectivity index (χ3v) is 3.16. The van der Waals surface area contributed by atoms with Gasteiger partial charge >= 0.3 is 0 Å². The SMILES string of the molecule is CSc1ncc(C=O)c(NCCCC(F)(F)CCO)n1. The average molecular weight is 305 g/mol. The number of hydrogen-bond donors (Lipinski definition) is 2. The summed E-state index contributed by atoms with van der Waals surface area (Å²) in [5.74, 6) is -2.51. The second-order valence-corrected chi connectivity index (χ2v) is 4.91. The second-order valence-electron chi connectivity index (χ2n) is 4.14. The Bertz CT molecular complexity index is 447. The van der Waals surface area contributed by atoms with Gasteiger partial charge in [-0.15, -0.1) is 0 Å². The van der Waals surface area contributed by atoms with Crippen molar-refractivity contribution in [1.82, 2.24) is 9.97 Å². The lowest BCUT2D eigenvalue weighted by molar-refractivity contribution is -0.0296. The lowest BCUT2D eigenvalue weighted by Gasteiger charge is -2.15. The first-order valence-electron chi connectivity index (χ1n) is 6.11. The smallest absolute Gasteiger partial charge is 0.250 e. The van der Waals surface area contributed by atoms with Gasteiger partial charge in [-0.3, -0.25) is 4.79 Å². The first-order valence-corrected chi connectivity index (χ1v) is 7.33. The first-order chi connectivity index (χ1) is 9.52. The molecule has 0 amide bonds. The number of anilines is 1. The van der Waals surface area contributed by atoms with Gasteiger partial charge in [0.2, 0.25) is 5.92 Å². The summed E-state index contributed by atoms with van der Waals surface area (Å²) in [6.45, 7) is -0.259. The van der Waals surface area contributed by atoms with Crippen molar-refractivity contribution >= 4 is 23.9 Å². The van der Waals surface area contributed by atoms with Gasteiger partial charge in [-0.05, 0) is 12.7 Å². The maximum Gasteiger partial charge on any atom is 0.250 e. The van der Waals surface area contributed by atoms with Crippen molar-refractivity contribution in [2.45, 2.75) is 30.3 Å². The molecule has 0 saturated heterocycles. The Balaban J connectivity index is 2.51. The maximum atomic E-state index is 13.1. The van der Waals surface area contributed by atoms with E-state index in [1.54, 1.807) is 6.26 Å². The number of rotatable bonds is 9. The summed E-state index contributed by atoms with van der Waals surface area (Å²) in [6.07, 6.45) is 3.18. The molecule has 0 unspecified atom stereocenters. The minimum atomic E-state index is -2.86. The van der Waals surface area contributed by atoms with Crippen molar-refractivity contribution in [3.8, 4) is 0 Å². The zero-order valence-electron chi connectivity index (χ0n) is 11.1. The molecule has 1 aromatic heterocycles. The number of aldehydes is 1. The van der Waals surface area contributed by atoms with Crippen LogP contribution in [0.25, 0.3) is 0 Å². The largest absolute Gasteiger partial charge is 0.396 e. The number of thioether (sulfide) groups is 1. The Labute approximate surface area is 120 Å². The van der Waals surface area contributed by atoms with Crippen LogP contribution in [0.3, 0.4) is 0 Å². The number of hydrogen-bond acceptors (Lipinski definition) is 6. The van der Waals surface area contributed by atoms with Crippen LogP contribution in [0.15, 0.2) is 11.4 Å². The van der Waals surface area contributed by atoms with Crippen molar-refractivity contribution in [2.75, 3.05) is 24.7 Å². The summed E-state index contributed by atoms with van der Waals surface area (Å²) in [6, 6.07) is 0. The molecule has 5 nitrogen and oxygen atoms in total. The molecule has 0 radical (unpaired) electrons. The Hall–Kier alpha value is -1.28. The molecule has 20 heavy (non-hydrogen) atoms. The van der Waals surface area contributed by atoms with Gasteiger partial charge in [-0.25, -0.2) is 18.7 Å². The number of nitrogens with one attached hydrogen (secondary N) is 1. The standard InChI is InChI=1S/C12H17F2N3O2S/c1-20-11-16-7-9(8-19)10(17-11)15-5-2-3-12(13,14)4-6-18/h7-8,18H,2-6H2,1H3,(H,15,16,17). The maximum absolute atomic E-state index is 13.1. The van der Waals surface area contributed by atoms with Gasteiger partial charge < -0.3 is 10.4 Å². The quantitative estimate of drug-likeness (QED) is 0.315. The molecule has 0 saturated carbocycles. The monoisotopic (exact) mass is 305 g/mol. The number of halogens is 2. The van der Waals surface area contributed by atoms with E-state index in [4.69, 9.17) is 5.11 Å². The predicted octanol–water partition coefficient (Wildman–Crippen LogP) is 2.22. The fraction of sp³-hybridized carbons (Fsp3) is 0.583. The molecule has 0 bridgehead atoms. The third kappa shape index (κ3) is 5.38. The van der Waals surface area contributed by atoms with E-state index in [1.807, 2.05) is 0 Å². The van der Waals surface area contributed by atoms with E-state index < -0.39 is 19.0 Å². The molecule has 2 N–H and O–H groups in total. The van der Waals surface area contributed by atoms with Crippen molar-refractivity contribution in [1.29, 1.82) is 0 Å². The van der Waals surface area contributed by atoms with Gasteiger partial charge in [0.15, 0.2) is 11.4 Å². The molecular formula is C12H17F2N3O2S. The molecule has 1 aromatic rings. The molecule has 0 aliphatic carbocycles. The number of aromatic nitrogens is 2. The van der Waals surface area contributed by atoms with Crippen LogP contribution >= 0.6 is 11.8 Å². The lowest BCUT2D eigenvalue weighted by Crippen LogP contribution is -2.19. The normalized spacial score (nSPS) is 11.4. The van der Waals surface area contributed by atoms with Crippen molar-refractivity contribution in [3.63, 3.8) is 0 Å². The topological polar surface area (TPSA) is 75.1 Å². The van der Waals surface area contributed by atoms with Crippen LogP contribution in [-0.2, 0) is 0 Å². The highest BCUT2D eigenvalue weighted by Gasteiger charge is 2.27. The second kappa shape index (κ2) is 8.11. The van der Waals surface area contributed by atoms with Crippen molar-refractivity contribution in [3.05, 3.63) is 11.8 Å². The fourth-order valence-corrected chi connectivity index (χ4v) is 1.88. The van der Waals surface area contributed by atoms with E-state index in [-0.39, 0.29) is 19.4 Å². The molecular weight excluding hydrogens is 288 g/mol. The Morgan fingerprint density at radius 1 is 1.50 bits per heavy atom.